The van der Waals surface area contributed by atoms with Crippen LogP contribution in [0.5, 0.6) is 0 Å². The molecular formula is C17H22N6O. The van der Waals surface area contributed by atoms with Gasteiger partial charge in [0.05, 0.1) is 11.3 Å². The lowest BCUT2D eigenvalue weighted by atomic mass is 10.2. The van der Waals surface area contributed by atoms with E-state index in [1.165, 1.54) is 4.63 Å². The van der Waals surface area contributed by atoms with Crippen molar-refractivity contribution in [2.75, 3.05) is 6.54 Å². The number of aromatic nitrogens is 5. The number of aryl methyl sites for hydroxylation is 2. The van der Waals surface area contributed by atoms with Crippen molar-refractivity contribution in [3.8, 4) is 0 Å². The van der Waals surface area contributed by atoms with E-state index in [0.717, 1.165) is 24.3 Å². The summed E-state index contributed by atoms with van der Waals surface area (Å²) in [5.41, 5.74) is 2.00. The van der Waals surface area contributed by atoms with Crippen LogP contribution in [0.3, 0.4) is 0 Å². The van der Waals surface area contributed by atoms with Gasteiger partial charge in [0, 0.05) is 37.6 Å². The Morgan fingerprint density at radius 2 is 2.17 bits per heavy atom. The van der Waals surface area contributed by atoms with Crippen molar-refractivity contribution >= 4 is 11.4 Å². The first-order valence-corrected chi connectivity index (χ1v) is 8.17. The van der Waals surface area contributed by atoms with Gasteiger partial charge in [-0.1, -0.05) is 13.8 Å². The second-order valence-electron chi connectivity index (χ2n) is 6.10. The number of amides is 1. The average molecular weight is 326 g/mol. The first-order chi connectivity index (χ1) is 11.6. The highest BCUT2D eigenvalue weighted by Crippen LogP contribution is 2.14. The first-order valence-electron chi connectivity index (χ1n) is 8.17. The Kier molecular flexibility index (Phi) is 4.59. The van der Waals surface area contributed by atoms with E-state index in [9.17, 15) is 4.79 Å². The zero-order chi connectivity index (χ0) is 17.1. The SMILES string of the molecule is Cc1nn2ncccc2c1C(=O)NCCCn1ccnc1C(C)C. The van der Waals surface area contributed by atoms with Gasteiger partial charge in [0.25, 0.3) is 5.91 Å². The van der Waals surface area contributed by atoms with Crippen LogP contribution in [-0.4, -0.2) is 36.8 Å². The molecule has 1 N–H and O–H groups in total. The van der Waals surface area contributed by atoms with Crippen molar-refractivity contribution in [1.29, 1.82) is 0 Å². The maximum Gasteiger partial charge on any atom is 0.255 e. The van der Waals surface area contributed by atoms with E-state index in [1.54, 1.807) is 12.3 Å². The third-order valence-corrected chi connectivity index (χ3v) is 3.95. The molecule has 3 rings (SSSR count). The van der Waals surface area contributed by atoms with Crippen LogP contribution in [0.1, 0.15) is 48.1 Å². The van der Waals surface area contributed by atoms with Gasteiger partial charge in [0.1, 0.15) is 11.3 Å². The highest BCUT2D eigenvalue weighted by molar-refractivity contribution is 6.01. The monoisotopic (exact) mass is 326 g/mol. The molecule has 0 saturated heterocycles. The van der Waals surface area contributed by atoms with Crippen molar-refractivity contribution in [1.82, 2.24) is 29.7 Å². The van der Waals surface area contributed by atoms with Gasteiger partial charge < -0.3 is 9.88 Å². The lowest BCUT2D eigenvalue weighted by Gasteiger charge is -2.10. The number of hydrogen-bond acceptors (Lipinski definition) is 4. The predicted molar refractivity (Wildman–Crippen MR) is 91.0 cm³/mol. The maximum atomic E-state index is 12.5. The molecule has 0 fully saturated rings. The Hall–Kier alpha value is -2.70. The van der Waals surface area contributed by atoms with Crippen LogP contribution < -0.4 is 5.32 Å². The lowest BCUT2D eigenvalue weighted by molar-refractivity contribution is 0.0953. The van der Waals surface area contributed by atoms with E-state index in [4.69, 9.17) is 0 Å². The fraction of sp³-hybridized carbons (Fsp3) is 0.412. The van der Waals surface area contributed by atoms with E-state index in [1.807, 2.05) is 25.4 Å². The minimum absolute atomic E-state index is 0.106. The van der Waals surface area contributed by atoms with Crippen molar-refractivity contribution < 1.29 is 4.79 Å². The third kappa shape index (κ3) is 3.15. The van der Waals surface area contributed by atoms with Crippen LogP contribution in [0, 0.1) is 6.92 Å². The Balaban J connectivity index is 1.59. The summed E-state index contributed by atoms with van der Waals surface area (Å²) in [5, 5.41) is 11.4. The molecule has 0 radical (unpaired) electrons. The molecular weight excluding hydrogens is 304 g/mol. The van der Waals surface area contributed by atoms with Crippen molar-refractivity contribution in [2.45, 2.75) is 39.7 Å². The molecule has 3 aromatic heterocycles. The van der Waals surface area contributed by atoms with Gasteiger partial charge in [-0.15, -0.1) is 0 Å². The Labute approximate surface area is 140 Å². The number of rotatable bonds is 6. The molecule has 24 heavy (non-hydrogen) atoms. The smallest absolute Gasteiger partial charge is 0.255 e. The van der Waals surface area contributed by atoms with Crippen LogP contribution >= 0.6 is 0 Å². The number of imidazole rings is 1. The first kappa shape index (κ1) is 16.2. The molecule has 3 aromatic rings. The van der Waals surface area contributed by atoms with Crippen LogP contribution in [-0.2, 0) is 6.54 Å². The Bertz CT molecular complexity index is 848. The number of carbonyl (C=O) groups is 1. The summed E-state index contributed by atoms with van der Waals surface area (Å²) >= 11 is 0. The largest absolute Gasteiger partial charge is 0.352 e. The molecule has 0 bridgehead atoms. The zero-order valence-corrected chi connectivity index (χ0v) is 14.2. The van der Waals surface area contributed by atoms with Gasteiger partial charge in [-0.05, 0) is 25.5 Å². The van der Waals surface area contributed by atoms with Gasteiger partial charge in [-0.2, -0.15) is 14.8 Å². The zero-order valence-electron chi connectivity index (χ0n) is 14.2. The lowest BCUT2D eigenvalue weighted by Crippen LogP contribution is -2.26. The normalized spacial score (nSPS) is 11.3. The Morgan fingerprint density at radius 3 is 2.96 bits per heavy atom. The van der Waals surface area contributed by atoms with Gasteiger partial charge in [0.15, 0.2) is 0 Å². The Morgan fingerprint density at radius 1 is 1.33 bits per heavy atom. The third-order valence-electron chi connectivity index (χ3n) is 3.95. The molecule has 0 aliphatic rings. The fourth-order valence-electron chi connectivity index (χ4n) is 2.84. The number of fused-ring (bicyclic) bond motifs is 1. The van der Waals surface area contributed by atoms with Gasteiger partial charge in [-0.3, -0.25) is 4.79 Å². The number of carbonyl (C=O) groups excluding carboxylic acids is 1. The standard InChI is InChI=1S/C17H22N6O/c1-12(2)16-18-9-11-22(16)10-5-7-19-17(24)15-13(3)21-23-14(15)6-4-8-20-23/h4,6,8-9,11-12H,5,7,10H2,1-3H3,(H,19,24). The number of hydrogen-bond donors (Lipinski definition) is 1. The maximum absolute atomic E-state index is 12.5. The summed E-state index contributed by atoms with van der Waals surface area (Å²) < 4.78 is 3.63. The molecule has 0 aliphatic carbocycles. The summed E-state index contributed by atoms with van der Waals surface area (Å²) in [6.07, 6.45) is 6.30. The van der Waals surface area contributed by atoms with Crippen molar-refractivity contribution in [3.05, 3.63) is 47.8 Å². The van der Waals surface area contributed by atoms with E-state index >= 15 is 0 Å². The van der Waals surface area contributed by atoms with E-state index < -0.39 is 0 Å². The van der Waals surface area contributed by atoms with E-state index in [-0.39, 0.29) is 5.91 Å². The highest BCUT2D eigenvalue weighted by atomic mass is 16.1. The summed E-state index contributed by atoms with van der Waals surface area (Å²) in [7, 11) is 0. The predicted octanol–water partition coefficient (Wildman–Crippen LogP) is 2.18. The van der Waals surface area contributed by atoms with E-state index in [2.05, 4.69) is 38.9 Å². The molecule has 0 unspecified atom stereocenters. The fourth-order valence-corrected chi connectivity index (χ4v) is 2.84. The summed E-state index contributed by atoms with van der Waals surface area (Å²) in [5.74, 6) is 1.36. The molecule has 0 aliphatic heterocycles. The van der Waals surface area contributed by atoms with Gasteiger partial charge >= 0.3 is 0 Å². The van der Waals surface area contributed by atoms with Crippen molar-refractivity contribution in [2.24, 2.45) is 0 Å². The summed E-state index contributed by atoms with van der Waals surface area (Å²) in [4.78, 5) is 16.8. The topological polar surface area (TPSA) is 77.1 Å². The molecule has 3 heterocycles. The molecule has 0 atom stereocenters. The molecule has 0 aromatic carbocycles. The second kappa shape index (κ2) is 6.82. The molecule has 1 amide bonds. The number of nitrogens with one attached hydrogen (secondary N) is 1. The van der Waals surface area contributed by atoms with Crippen LogP contribution in [0.4, 0.5) is 0 Å². The summed E-state index contributed by atoms with van der Waals surface area (Å²) in [6.45, 7) is 7.52. The molecule has 7 nitrogen and oxygen atoms in total. The van der Waals surface area contributed by atoms with Crippen LogP contribution in [0.15, 0.2) is 30.7 Å². The quantitative estimate of drug-likeness (QED) is 0.704. The molecule has 126 valence electrons. The average Bonchev–Trinajstić information content (AvgIpc) is 3.14. The van der Waals surface area contributed by atoms with E-state index in [0.29, 0.717) is 23.7 Å². The van der Waals surface area contributed by atoms with Crippen molar-refractivity contribution in [3.63, 3.8) is 0 Å². The van der Waals surface area contributed by atoms with Gasteiger partial charge in [0.2, 0.25) is 0 Å². The minimum Gasteiger partial charge on any atom is -0.352 e. The van der Waals surface area contributed by atoms with Gasteiger partial charge in [-0.25, -0.2) is 4.98 Å². The minimum atomic E-state index is -0.106. The molecule has 0 saturated carbocycles. The number of nitrogens with zero attached hydrogens (tertiary/aromatic N) is 5. The van der Waals surface area contributed by atoms with Crippen LogP contribution in [0.25, 0.3) is 5.52 Å². The highest BCUT2D eigenvalue weighted by Gasteiger charge is 2.16. The summed E-state index contributed by atoms with van der Waals surface area (Å²) in [6, 6.07) is 3.65. The molecule has 0 spiro atoms. The van der Waals surface area contributed by atoms with Crippen LogP contribution in [0.2, 0.25) is 0 Å². The molecule has 7 heteroatoms. The second-order valence-corrected chi connectivity index (χ2v) is 6.10.